The van der Waals surface area contributed by atoms with Crippen molar-refractivity contribution in [2.45, 2.75) is 33.1 Å². The molecule has 0 saturated carbocycles. The van der Waals surface area contributed by atoms with Crippen LogP contribution in [0, 0.1) is 20.2 Å². The van der Waals surface area contributed by atoms with Gasteiger partial charge >= 0.3 is 0 Å². The van der Waals surface area contributed by atoms with Gasteiger partial charge in [0.1, 0.15) is 0 Å². The van der Waals surface area contributed by atoms with Crippen LogP contribution >= 0.6 is 0 Å². The van der Waals surface area contributed by atoms with Crippen molar-refractivity contribution in [2.75, 3.05) is 30.4 Å². The third-order valence-corrected chi connectivity index (χ3v) is 4.86. The highest BCUT2D eigenvalue weighted by atomic mass is 16.6. The maximum atomic E-state index is 10.6. The topological polar surface area (TPSA) is 102 Å². The Balaban J connectivity index is 0.000000194. The summed E-state index contributed by atoms with van der Waals surface area (Å²) in [5.41, 5.74) is 4.69. The highest BCUT2D eigenvalue weighted by molar-refractivity contribution is 5.59. The lowest BCUT2D eigenvalue weighted by molar-refractivity contribution is -0.385. The van der Waals surface area contributed by atoms with E-state index in [0.717, 1.165) is 61.3 Å². The van der Waals surface area contributed by atoms with E-state index in [1.807, 2.05) is 13.1 Å². The number of nitro benzene ring substituents is 2. The van der Waals surface area contributed by atoms with Crippen molar-refractivity contribution >= 4 is 22.7 Å². The number of anilines is 2. The van der Waals surface area contributed by atoms with E-state index in [2.05, 4.69) is 10.2 Å². The zero-order valence-corrected chi connectivity index (χ0v) is 15.2. The second-order valence-corrected chi connectivity index (χ2v) is 6.72. The van der Waals surface area contributed by atoms with Gasteiger partial charge in [0.25, 0.3) is 11.4 Å². The van der Waals surface area contributed by atoms with Crippen molar-refractivity contribution in [3.8, 4) is 0 Å². The Morgan fingerprint density at radius 2 is 1.54 bits per heavy atom. The predicted octanol–water partition coefficient (Wildman–Crippen LogP) is 4.57. The van der Waals surface area contributed by atoms with Gasteiger partial charge < -0.3 is 10.2 Å². The highest BCUT2D eigenvalue weighted by Crippen LogP contribution is 2.29. The molecule has 2 aliphatic rings. The highest BCUT2D eigenvalue weighted by Gasteiger charge is 2.16. The van der Waals surface area contributed by atoms with Gasteiger partial charge in [0.15, 0.2) is 0 Å². The summed E-state index contributed by atoms with van der Waals surface area (Å²) >= 11 is 0. The fourth-order valence-electron chi connectivity index (χ4n) is 3.46. The summed E-state index contributed by atoms with van der Waals surface area (Å²) in [5, 5.41) is 24.2. The minimum Gasteiger partial charge on any atom is -0.385 e. The zero-order chi connectivity index (χ0) is 19.4. The van der Waals surface area contributed by atoms with E-state index in [1.165, 1.54) is 6.07 Å². The van der Waals surface area contributed by atoms with Gasteiger partial charge in [0.2, 0.25) is 0 Å². The number of nitrogens with zero attached hydrogens (tertiary/aromatic N) is 3. The minimum absolute atomic E-state index is 0. The number of fused-ring (bicyclic) bond motifs is 2. The maximum Gasteiger partial charge on any atom is 0.269 e. The smallest absolute Gasteiger partial charge is 0.269 e. The van der Waals surface area contributed by atoms with Gasteiger partial charge in [-0.15, -0.1) is 0 Å². The summed E-state index contributed by atoms with van der Waals surface area (Å²) in [4.78, 5) is 22.5. The molecule has 8 heteroatoms. The zero-order valence-electron chi connectivity index (χ0n) is 15.2. The Morgan fingerprint density at radius 1 is 0.929 bits per heavy atom. The maximum absolute atomic E-state index is 10.6. The van der Waals surface area contributed by atoms with Crippen LogP contribution in [0.3, 0.4) is 0 Å². The number of rotatable bonds is 2. The van der Waals surface area contributed by atoms with E-state index in [9.17, 15) is 20.2 Å². The second-order valence-electron chi connectivity index (χ2n) is 6.72. The minimum atomic E-state index is -0.352. The number of aryl methyl sites for hydroxylation is 2. The Kier molecular flexibility index (Phi) is 6.92. The molecule has 0 aliphatic carbocycles. The quantitative estimate of drug-likeness (QED) is 0.599. The van der Waals surface area contributed by atoms with Gasteiger partial charge in [-0.25, -0.2) is 0 Å². The van der Waals surface area contributed by atoms with Crippen LogP contribution in [0.5, 0.6) is 0 Å². The van der Waals surface area contributed by atoms with Crippen molar-refractivity contribution in [1.82, 2.24) is 0 Å². The number of nitro groups is 2. The van der Waals surface area contributed by atoms with Crippen LogP contribution < -0.4 is 10.2 Å². The molecule has 0 bridgehead atoms. The fourth-order valence-corrected chi connectivity index (χ4v) is 3.46. The van der Waals surface area contributed by atoms with Crippen LogP contribution in [-0.2, 0) is 12.8 Å². The van der Waals surface area contributed by atoms with E-state index in [0.29, 0.717) is 0 Å². The Labute approximate surface area is 164 Å². The third-order valence-electron chi connectivity index (χ3n) is 4.86. The first-order valence-electron chi connectivity index (χ1n) is 8.95. The Hall–Kier alpha value is -3.16. The first-order valence-corrected chi connectivity index (χ1v) is 8.95. The number of hydrogen-bond acceptors (Lipinski definition) is 6. The normalized spacial score (nSPS) is 14.2. The molecule has 0 amide bonds. The molecule has 28 heavy (non-hydrogen) atoms. The van der Waals surface area contributed by atoms with Crippen LogP contribution in [0.4, 0.5) is 22.7 Å². The number of hydrogen-bond donors (Lipinski definition) is 1. The lowest BCUT2D eigenvalue weighted by Gasteiger charge is -2.26. The molecule has 1 N–H and O–H groups in total. The summed E-state index contributed by atoms with van der Waals surface area (Å²) in [6, 6.07) is 10.1. The lowest BCUT2D eigenvalue weighted by Crippen LogP contribution is -2.24. The van der Waals surface area contributed by atoms with Crippen molar-refractivity contribution in [1.29, 1.82) is 0 Å². The Morgan fingerprint density at radius 3 is 2.21 bits per heavy atom. The fraction of sp³-hybridized carbons (Fsp3) is 0.400. The van der Waals surface area contributed by atoms with Gasteiger partial charge in [0.05, 0.1) is 9.85 Å². The largest absolute Gasteiger partial charge is 0.385 e. The molecule has 2 aliphatic heterocycles. The van der Waals surface area contributed by atoms with Crippen molar-refractivity contribution in [3.05, 3.63) is 67.8 Å². The van der Waals surface area contributed by atoms with Crippen LogP contribution in [0.1, 0.15) is 31.4 Å². The molecule has 2 aromatic rings. The second kappa shape index (κ2) is 9.16. The average molecular weight is 386 g/mol. The number of non-ortho nitro benzene ring substituents is 2. The summed E-state index contributed by atoms with van der Waals surface area (Å²) in [6.07, 6.45) is 4.00. The molecule has 0 radical (unpaired) electrons. The van der Waals surface area contributed by atoms with E-state index in [-0.39, 0.29) is 28.6 Å². The molecule has 0 atom stereocenters. The molecule has 0 spiro atoms. The van der Waals surface area contributed by atoms with Crippen LogP contribution in [-0.4, -0.2) is 30.0 Å². The number of benzene rings is 2. The van der Waals surface area contributed by atoms with Gasteiger partial charge in [-0.1, -0.05) is 7.43 Å². The first-order chi connectivity index (χ1) is 13.0. The molecule has 2 heterocycles. The number of nitrogens with one attached hydrogen (secondary N) is 1. The van der Waals surface area contributed by atoms with E-state index in [4.69, 9.17) is 0 Å². The first kappa shape index (κ1) is 21.1. The third kappa shape index (κ3) is 4.76. The van der Waals surface area contributed by atoms with E-state index < -0.39 is 0 Å². The van der Waals surface area contributed by atoms with Gasteiger partial charge in [-0.05, 0) is 48.9 Å². The van der Waals surface area contributed by atoms with Crippen molar-refractivity contribution < 1.29 is 9.85 Å². The molecule has 0 unspecified atom stereocenters. The molecular formula is C20H26N4O4. The van der Waals surface area contributed by atoms with E-state index >= 15 is 0 Å². The van der Waals surface area contributed by atoms with E-state index in [1.54, 1.807) is 24.3 Å². The molecule has 0 fully saturated rings. The standard InChI is InChI=1S/C10H12N2O2.C9H10N2O2.CH4/c1-11-6-2-3-8-7-9(12(13)14)4-5-10(8)11;12-11(13)8-3-4-9-7(6-8)2-1-5-10-9;/h4-5,7H,2-3,6H2,1H3;3-4,6,10H,1-2,5H2;1H4. The molecule has 0 saturated heterocycles. The molecule has 150 valence electrons. The van der Waals surface area contributed by atoms with Gasteiger partial charge in [-0.3, -0.25) is 20.2 Å². The summed E-state index contributed by atoms with van der Waals surface area (Å²) in [5.74, 6) is 0. The molecule has 2 aromatic carbocycles. The molecular weight excluding hydrogens is 360 g/mol. The SMILES string of the molecule is C.CN1CCCc2cc([N+](=O)[O-])ccc21.O=[N+]([O-])c1ccc2c(c1)CCCN2. The monoisotopic (exact) mass is 386 g/mol. The predicted molar refractivity (Wildman–Crippen MR) is 111 cm³/mol. The Bertz CT molecular complexity index is 869. The summed E-state index contributed by atoms with van der Waals surface area (Å²) < 4.78 is 0. The van der Waals surface area contributed by atoms with Crippen LogP contribution in [0.2, 0.25) is 0 Å². The van der Waals surface area contributed by atoms with Crippen molar-refractivity contribution in [2.24, 2.45) is 0 Å². The molecule has 4 rings (SSSR count). The van der Waals surface area contributed by atoms with Crippen LogP contribution in [0.25, 0.3) is 0 Å². The van der Waals surface area contributed by atoms with Crippen molar-refractivity contribution in [3.63, 3.8) is 0 Å². The molecule has 8 nitrogen and oxygen atoms in total. The average Bonchev–Trinajstić information content (AvgIpc) is 2.68. The summed E-state index contributed by atoms with van der Waals surface area (Å²) in [6.45, 7) is 2.00. The molecule has 0 aromatic heterocycles. The lowest BCUT2D eigenvalue weighted by atomic mass is 10.0. The van der Waals surface area contributed by atoms with Gasteiger partial charge in [-0.2, -0.15) is 0 Å². The van der Waals surface area contributed by atoms with Gasteiger partial charge in [0, 0.05) is 55.8 Å². The summed E-state index contributed by atoms with van der Waals surface area (Å²) in [7, 11) is 2.02. The van der Waals surface area contributed by atoms with Crippen LogP contribution in [0.15, 0.2) is 36.4 Å².